The summed E-state index contributed by atoms with van der Waals surface area (Å²) in [6.07, 6.45) is 0.237. The fraction of sp³-hybridized carbons (Fsp3) is 0.208. The van der Waals surface area contributed by atoms with Gasteiger partial charge in [-0.05, 0) is 31.5 Å². The smallest absolute Gasteiger partial charge is 0.347 e. The SMILES string of the molecule is Cc1cc(C)nc(O[C@H](C(=O)O)[C@@]2(c3ccccc3)NCc3nncn3-c3ccccc32)n1. The summed E-state index contributed by atoms with van der Waals surface area (Å²) in [7, 11) is 0. The van der Waals surface area contributed by atoms with E-state index < -0.39 is 17.6 Å². The van der Waals surface area contributed by atoms with Crippen molar-refractivity contribution >= 4 is 5.97 Å². The van der Waals surface area contributed by atoms with Gasteiger partial charge in [0, 0.05) is 17.0 Å². The van der Waals surface area contributed by atoms with Crippen molar-refractivity contribution in [2.75, 3.05) is 0 Å². The molecular formula is C24H22N6O3. The summed E-state index contributed by atoms with van der Waals surface area (Å²) in [5, 5.41) is 22.2. The first-order chi connectivity index (χ1) is 16.0. The predicted octanol–water partition coefficient (Wildman–Crippen LogP) is 2.55. The molecule has 0 bridgehead atoms. The minimum atomic E-state index is -1.39. The molecule has 2 N–H and O–H groups in total. The Morgan fingerprint density at radius 1 is 1.09 bits per heavy atom. The second kappa shape index (κ2) is 8.10. The summed E-state index contributed by atoms with van der Waals surface area (Å²) in [5.74, 6) is -0.492. The predicted molar refractivity (Wildman–Crippen MR) is 119 cm³/mol. The molecule has 33 heavy (non-hydrogen) atoms. The number of aryl methyl sites for hydroxylation is 2. The second-order valence-corrected chi connectivity index (χ2v) is 7.93. The van der Waals surface area contributed by atoms with Gasteiger partial charge in [-0.15, -0.1) is 10.2 Å². The van der Waals surface area contributed by atoms with Crippen LogP contribution in [0.2, 0.25) is 0 Å². The Bertz CT molecular complexity index is 1300. The Kier molecular flexibility index (Phi) is 5.10. The van der Waals surface area contributed by atoms with Crippen LogP contribution in [0.3, 0.4) is 0 Å². The number of nitrogens with one attached hydrogen (secondary N) is 1. The van der Waals surface area contributed by atoms with Gasteiger partial charge in [-0.2, -0.15) is 0 Å². The van der Waals surface area contributed by atoms with Gasteiger partial charge in [-0.1, -0.05) is 48.5 Å². The third-order valence-electron chi connectivity index (χ3n) is 5.76. The Morgan fingerprint density at radius 3 is 2.52 bits per heavy atom. The number of nitrogens with zero attached hydrogens (tertiary/aromatic N) is 5. The molecule has 166 valence electrons. The lowest BCUT2D eigenvalue weighted by atomic mass is 9.77. The van der Waals surface area contributed by atoms with Crippen molar-refractivity contribution in [2.45, 2.75) is 32.0 Å². The molecule has 0 saturated carbocycles. The summed E-state index contributed by atoms with van der Waals surface area (Å²) in [6.45, 7) is 3.90. The number of benzene rings is 2. The highest BCUT2D eigenvalue weighted by Crippen LogP contribution is 2.40. The van der Waals surface area contributed by atoms with Crippen LogP contribution >= 0.6 is 0 Å². The highest BCUT2D eigenvalue weighted by Gasteiger charge is 2.51. The summed E-state index contributed by atoms with van der Waals surface area (Å²) in [5.41, 5.74) is 2.32. The number of rotatable bonds is 5. The van der Waals surface area contributed by atoms with Crippen molar-refractivity contribution in [3.8, 4) is 11.7 Å². The van der Waals surface area contributed by atoms with E-state index >= 15 is 0 Å². The van der Waals surface area contributed by atoms with E-state index in [0.29, 0.717) is 22.8 Å². The largest absolute Gasteiger partial charge is 0.478 e. The van der Waals surface area contributed by atoms with E-state index in [1.165, 1.54) is 0 Å². The number of carboxylic acids is 1. The van der Waals surface area contributed by atoms with Crippen molar-refractivity contribution < 1.29 is 14.6 Å². The molecule has 5 rings (SSSR count). The molecule has 2 atom stereocenters. The molecule has 4 aromatic rings. The molecule has 3 heterocycles. The molecule has 0 amide bonds. The third-order valence-corrected chi connectivity index (χ3v) is 5.76. The van der Waals surface area contributed by atoms with Gasteiger partial charge in [0.1, 0.15) is 11.9 Å². The van der Waals surface area contributed by atoms with Crippen molar-refractivity contribution in [2.24, 2.45) is 0 Å². The van der Waals surface area contributed by atoms with E-state index in [1.54, 1.807) is 12.4 Å². The first-order valence-electron chi connectivity index (χ1n) is 10.5. The summed E-state index contributed by atoms with van der Waals surface area (Å²) in [6, 6.07) is 18.8. The van der Waals surface area contributed by atoms with Gasteiger partial charge >= 0.3 is 12.0 Å². The fourth-order valence-corrected chi connectivity index (χ4v) is 4.43. The van der Waals surface area contributed by atoms with Crippen LogP contribution in [0, 0.1) is 13.8 Å². The van der Waals surface area contributed by atoms with Gasteiger partial charge in [-0.25, -0.2) is 14.8 Å². The standard InChI is InChI=1S/C24H22N6O3/c1-15-12-16(2)28-23(27-15)33-21(22(31)32)24(17-8-4-3-5-9-17)18-10-6-7-11-19(18)30-14-26-29-20(30)13-25-24/h3-12,14,21,25H,13H2,1-2H3,(H,31,32)/t21-,24+/m1/s1. The van der Waals surface area contributed by atoms with Crippen LogP contribution in [0.25, 0.3) is 5.69 Å². The maximum Gasteiger partial charge on any atom is 0.347 e. The Balaban J connectivity index is 1.77. The molecular weight excluding hydrogens is 420 g/mol. The number of aromatic nitrogens is 5. The average molecular weight is 442 g/mol. The van der Waals surface area contributed by atoms with Gasteiger partial charge in [0.05, 0.1) is 12.2 Å². The summed E-state index contributed by atoms with van der Waals surface area (Å²) >= 11 is 0. The van der Waals surface area contributed by atoms with Crippen molar-refractivity contribution in [1.29, 1.82) is 0 Å². The third kappa shape index (κ3) is 3.52. The van der Waals surface area contributed by atoms with Gasteiger partial charge in [0.25, 0.3) is 0 Å². The maximum absolute atomic E-state index is 12.8. The molecule has 2 aromatic heterocycles. The molecule has 0 spiro atoms. The topological polar surface area (TPSA) is 115 Å². The van der Waals surface area contributed by atoms with Crippen molar-refractivity contribution in [1.82, 2.24) is 30.0 Å². The number of hydrogen-bond donors (Lipinski definition) is 2. The highest BCUT2D eigenvalue weighted by atomic mass is 16.5. The number of fused-ring (bicyclic) bond motifs is 3. The first-order valence-corrected chi connectivity index (χ1v) is 10.5. The van der Waals surface area contributed by atoms with E-state index in [0.717, 1.165) is 11.3 Å². The van der Waals surface area contributed by atoms with Crippen LogP contribution in [-0.2, 0) is 16.9 Å². The molecule has 0 radical (unpaired) electrons. The number of carbonyl (C=O) groups is 1. The van der Waals surface area contributed by atoms with Crippen LogP contribution in [0.5, 0.6) is 6.01 Å². The minimum Gasteiger partial charge on any atom is -0.478 e. The summed E-state index contributed by atoms with van der Waals surface area (Å²) < 4.78 is 7.95. The maximum atomic E-state index is 12.8. The minimum absolute atomic E-state index is 0.0122. The van der Waals surface area contributed by atoms with Gasteiger partial charge in [0.15, 0.2) is 5.82 Å². The number of ether oxygens (including phenoxy) is 1. The van der Waals surface area contributed by atoms with E-state index in [2.05, 4.69) is 25.5 Å². The molecule has 0 fully saturated rings. The number of aliphatic carboxylic acids is 1. The van der Waals surface area contributed by atoms with Crippen LogP contribution in [0.15, 0.2) is 67.0 Å². The number of para-hydroxylation sites is 1. The van der Waals surface area contributed by atoms with Gasteiger partial charge in [0.2, 0.25) is 6.10 Å². The van der Waals surface area contributed by atoms with Crippen molar-refractivity contribution in [3.05, 3.63) is 95.3 Å². The second-order valence-electron chi connectivity index (χ2n) is 7.93. The molecule has 9 nitrogen and oxygen atoms in total. The van der Waals surface area contributed by atoms with Crippen LogP contribution in [0.4, 0.5) is 0 Å². The van der Waals surface area contributed by atoms with E-state index in [-0.39, 0.29) is 12.6 Å². The van der Waals surface area contributed by atoms with Crippen molar-refractivity contribution in [3.63, 3.8) is 0 Å². The van der Waals surface area contributed by atoms with E-state index in [9.17, 15) is 9.90 Å². The molecule has 0 aliphatic carbocycles. The lowest BCUT2D eigenvalue weighted by Gasteiger charge is -2.39. The highest BCUT2D eigenvalue weighted by molar-refractivity contribution is 5.77. The Hall–Kier alpha value is -4.11. The quantitative estimate of drug-likeness (QED) is 0.485. The number of hydrogen-bond acceptors (Lipinski definition) is 7. The molecule has 0 unspecified atom stereocenters. The molecule has 0 saturated heterocycles. The monoisotopic (exact) mass is 442 g/mol. The van der Waals surface area contributed by atoms with Gasteiger partial charge < -0.3 is 9.84 Å². The molecule has 9 heteroatoms. The van der Waals surface area contributed by atoms with E-state index in [4.69, 9.17) is 4.74 Å². The van der Waals surface area contributed by atoms with E-state index in [1.807, 2.05) is 73.0 Å². The Labute approximate surface area is 190 Å². The molecule has 2 aromatic carbocycles. The zero-order valence-corrected chi connectivity index (χ0v) is 18.1. The first kappa shape index (κ1) is 20.8. The molecule has 1 aliphatic rings. The number of carboxylic acid groups (broad SMARTS) is 1. The lowest BCUT2D eigenvalue weighted by molar-refractivity contribution is -0.149. The fourth-order valence-electron chi connectivity index (χ4n) is 4.43. The summed E-state index contributed by atoms with van der Waals surface area (Å²) in [4.78, 5) is 21.5. The lowest BCUT2D eigenvalue weighted by Crippen LogP contribution is -2.57. The normalized spacial score (nSPS) is 18.0. The zero-order valence-electron chi connectivity index (χ0n) is 18.1. The zero-order chi connectivity index (χ0) is 23.0. The molecule has 1 aliphatic heterocycles. The average Bonchev–Trinajstić information content (AvgIpc) is 3.22. The van der Waals surface area contributed by atoms with Crippen LogP contribution in [0.1, 0.15) is 28.3 Å². The van der Waals surface area contributed by atoms with Gasteiger partial charge in [-0.3, -0.25) is 9.88 Å². The van der Waals surface area contributed by atoms with Crippen LogP contribution in [-0.4, -0.2) is 41.9 Å². The van der Waals surface area contributed by atoms with Crippen LogP contribution < -0.4 is 10.1 Å². The Morgan fingerprint density at radius 2 is 1.79 bits per heavy atom.